The van der Waals surface area contributed by atoms with Crippen molar-refractivity contribution in [2.45, 2.75) is 26.4 Å². The van der Waals surface area contributed by atoms with Crippen molar-refractivity contribution in [2.24, 2.45) is 0 Å². The Morgan fingerprint density at radius 1 is 1.13 bits per heavy atom. The van der Waals surface area contributed by atoms with Crippen molar-refractivity contribution in [3.63, 3.8) is 0 Å². The zero-order valence-electron chi connectivity index (χ0n) is 13.3. The minimum Gasteiger partial charge on any atom is -0.491 e. The number of ether oxygens (including phenoxy) is 1. The number of benzene rings is 2. The Morgan fingerprint density at radius 2 is 1.83 bits per heavy atom. The lowest BCUT2D eigenvalue weighted by Gasteiger charge is -2.11. The Balaban J connectivity index is 1.76. The van der Waals surface area contributed by atoms with Crippen LogP contribution in [0.15, 0.2) is 53.0 Å². The molecule has 0 unspecified atom stereocenters. The summed E-state index contributed by atoms with van der Waals surface area (Å²) in [6.45, 7) is 4.56. The van der Waals surface area contributed by atoms with Gasteiger partial charge in [0, 0.05) is 23.1 Å². The van der Waals surface area contributed by atoms with E-state index in [1.54, 1.807) is 0 Å². The Bertz CT molecular complexity index is 642. The van der Waals surface area contributed by atoms with Gasteiger partial charge in [0.15, 0.2) is 0 Å². The third kappa shape index (κ3) is 5.94. The van der Waals surface area contributed by atoms with Crippen molar-refractivity contribution >= 4 is 33.2 Å². The second kappa shape index (κ2) is 8.58. The molecule has 0 spiro atoms. The molecule has 0 aromatic heterocycles. The Hall–Kier alpha value is -2.01. The van der Waals surface area contributed by atoms with Gasteiger partial charge in [-0.15, -0.1) is 0 Å². The van der Waals surface area contributed by atoms with Crippen LogP contribution >= 0.6 is 15.9 Å². The fraction of sp³-hybridized carbons (Fsp3) is 0.278. The van der Waals surface area contributed by atoms with Gasteiger partial charge in [-0.3, -0.25) is 4.79 Å². The maximum atomic E-state index is 11.9. The molecule has 0 aliphatic rings. The Labute approximate surface area is 145 Å². The van der Waals surface area contributed by atoms with Gasteiger partial charge in [0.05, 0.1) is 11.8 Å². The maximum Gasteiger partial charge on any atom is 0.226 e. The summed E-state index contributed by atoms with van der Waals surface area (Å²) >= 11 is 3.41. The molecule has 0 fully saturated rings. The average molecular weight is 377 g/mol. The number of hydrogen-bond acceptors (Lipinski definition) is 3. The van der Waals surface area contributed by atoms with Crippen LogP contribution in [0.2, 0.25) is 0 Å². The standard InChI is InChI=1S/C18H21BrN2O2/c1-13(2)23-15-9-7-14(8-10-15)20-12-11-18(22)21-17-6-4-3-5-16(17)19/h3-10,13,20H,11-12H2,1-2H3,(H,21,22). The van der Waals surface area contributed by atoms with Crippen LogP contribution in [-0.4, -0.2) is 18.6 Å². The molecule has 4 nitrogen and oxygen atoms in total. The van der Waals surface area contributed by atoms with E-state index in [-0.39, 0.29) is 12.0 Å². The van der Waals surface area contributed by atoms with E-state index in [4.69, 9.17) is 4.74 Å². The van der Waals surface area contributed by atoms with Gasteiger partial charge in [0.25, 0.3) is 0 Å². The zero-order chi connectivity index (χ0) is 16.7. The van der Waals surface area contributed by atoms with Gasteiger partial charge >= 0.3 is 0 Å². The number of carbonyl (C=O) groups is 1. The molecule has 0 aliphatic heterocycles. The number of halogens is 1. The minimum atomic E-state index is -0.0239. The summed E-state index contributed by atoms with van der Waals surface area (Å²) < 4.78 is 6.47. The molecule has 2 N–H and O–H groups in total. The van der Waals surface area contributed by atoms with Crippen molar-refractivity contribution in [1.82, 2.24) is 0 Å². The molecule has 1 amide bonds. The summed E-state index contributed by atoms with van der Waals surface area (Å²) in [6, 6.07) is 15.3. The largest absolute Gasteiger partial charge is 0.491 e. The van der Waals surface area contributed by atoms with Gasteiger partial charge in [-0.2, -0.15) is 0 Å². The van der Waals surface area contributed by atoms with E-state index in [0.29, 0.717) is 13.0 Å². The second-order valence-electron chi connectivity index (χ2n) is 5.40. The summed E-state index contributed by atoms with van der Waals surface area (Å²) in [5.74, 6) is 0.821. The van der Waals surface area contributed by atoms with Gasteiger partial charge < -0.3 is 15.4 Å². The van der Waals surface area contributed by atoms with Crippen LogP contribution in [-0.2, 0) is 4.79 Å². The van der Waals surface area contributed by atoms with Crippen LogP contribution in [0.1, 0.15) is 20.3 Å². The smallest absolute Gasteiger partial charge is 0.226 e. The van der Waals surface area contributed by atoms with E-state index in [1.807, 2.05) is 62.4 Å². The molecule has 2 aromatic carbocycles. The third-order valence-electron chi connectivity index (χ3n) is 3.06. The maximum absolute atomic E-state index is 11.9. The first kappa shape index (κ1) is 17.3. The summed E-state index contributed by atoms with van der Waals surface area (Å²) in [5, 5.41) is 6.11. The Morgan fingerprint density at radius 3 is 2.48 bits per heavy atom. The first-order chi connectivity index (χ1) is 11.0. The molecule has 0 heterocycles. The molecule has 23 heavy (non-hydrogen) atoms. The normalized spacial score (nSPS) is 10.4. The van der Waals surface area contributed by atoms with E-state index in [9.17, 15) is 4.79 Å². The second-order valence-corrected chi connectivity index (χ2v) is 6.25. The highest BCUT2D eigenvalue weighted by Crippen LogP contribution is 2.21. The van der Waals surface area contributed by atoms with Crippen LogP contribution in [0.3, 0.4) is 0 Å². The highest BCUT2D eigenvalue weighted by atomic mass is 79.9. The lowest BCUT2D eigenvalue weighted by Crippen LogP contribution is -2.16. The Kier molecular flexibility index (Phi) is 6.47. The topological polar surface area (TPSA) is 50.4 Å². The quantitative estimate of drug-likeness (QED) is 0.737. The highest BCUT2D eigenvalue weighted by molar-refractivity contribution is 9.10. The monoisotopic (exact) mass is 376 g/mol. The number of para-hydroxylation sites is 1. The summed E-state index contributed by atoms with van der Waals surface area (Å²) in [5.41, 5.74) is 1.75. The van der Waals surface area contributed by atoms with Gasteiger partial charge in [-0.25, -0.2) is 0 Å². The van der Waals surface area contributed by atoms with E-state index in [1.165, 1.54) is 0 Å². The van der Waals surface area contributed by atoms with Crippen molar-refractivity contribution < 1.29 is 9.53 Å². The lowest BCUT2D eigenvalue weighted by atomic mass is 10.2. The van der Waals surface area contributed by atoms with Gasteiger partial charge in [0.2, 0.25) is 5.91 Å². The van der Waals surface area contributed by atoms with Crippen LogP contribution in [0, 0.1) is 0 Å². The molecule has 0 radical (unpaired) electrons. The molecule has 0 saturated carbocycles. The van der Waals surface area contributed by atoms with E-state index in [0.717, 1.165) is 21.6 Å². The zero-order valence-corrected chi connectivity index (χ0v) is 14.9. The number of rotatable bonds is 7. The summed E-state index contributed by atoms with van der Waals surface area (Å²) in [4.78, 5) is 11.9. The third-order valence-corrected chi connectivity index (χ3v) is 3.75. The molecular formula is C18H21BrN2O2. The molecule has 5 heteroatoms. The van der Waals surface area contributed by atoms with E-state index < -0.39 is 0 Å². The van der Waals surface area contributed by atoms with E-state index >= 15 is 0 Å². The molecule has 0 saturated heterocycles. The number of carbonyl (C=O) groups excluding carboxylic acids is 1. The molecule has 0 atom stereocenters. The van der Waals surface area contributed by atoms with Crippen molar-refractivity contribution in [2.75, 3.05) is 17.2 Å². The minimum absolute atomic E-state index is 0.0239. The van der Waals surface area contributed by atoms with Crippen LogP contribution in [0.25, 0.3) is 0 Å². The van der Waals surface area contributed by atoms with Gasteiger partial charge in [0.1, 0.15) is 5.75 Å². The number of amides is 1. The van der Waals surface area contributed by atoms with Crippen LogP contribution < -0.4 is 15.4 Å². The number of hydrogen-bond donors (Lipinski definition) is 2. The predicted molar refractivity (Wildman–Crippen MR) is 98.1 cm³/mol. The average Bonchev–Trinajstić information content (AvgIpc) is 2.51. The summed E-state index contributed by atoms with van der Waals surface area (Å²) in [7, 11) is 0. The predicted octanol–water partition coefficient (Wildman–Crippen LogP) is 4.68. The molecule has 0 aliphatic carbocycles. The number of anilines is 2. The molecule has 2 aromatic rings. The van der Waals surface area contributed by atoms with E-state index in [2.05, 4.69) is 26.6 Å². The van der Waals surface area contributed by atoms with Crippen LogP contribution in [0.5, 0.6) is 5.75 Å². The molecule has 2 rings (SSSR count). The summed E-state index contributed by atoms with van der Waals surface area (Å²) in [6.07, 6.45) is 0.556. The van der Waals surface area contributed by atoms with Crippen LogP contribution in [0.4, 0.5) is 11.4 Å². The SMILES string of the molecule is CC(C)Oc1ccc(NCCC(=O)Nc2ccccc2Br)cc1. The van der Waals surface area contributed by atoms with Crippen molar-refractivity contribution in [3.05, 3.63) is 53.0 Å². The molecular weight excluding hydrogens is 356 g/mol. The molecule has 122 valence electrons. The first-order valence-corrected chi connectivity index (χ1v) is 8.39. The fourth-order valence-corrected chi connectivity index (χ4v) is 2.40. The number of nitrogens with one attached hydrogen (secondary N) is 2. The van der Waals surface area contributed by atoms with Gasteiger partial charge in [-0.1, -0.05) is 12.1 Å². The highest BCUT2D eigenvalue weighted by Gasteiger charge is 2.05. The van der Waals surface area contributed by atoms with Gasteiger partial charge in [-0.05, 0) is 66.2 Å². The molecule has 0 bridgehead atoms. The van der Waals surface area contributed by atoms with Crippen molar-refractivity contribution in [1.29, 1.82) is 0 Å². The van der Waals surface area contributed by atoms with Crippen molar-refractivity contribution in [3.8, 4) is 5.75 Å². The first-order valence-electron chi connectivity index (χ1n) is 7.59. The fourth-order valence-electron chi connectivity index (χ4n) is 2.02. The lowest BCUT2D eigenvalue weighted by molar-refractivity contribution is -0.115.